The molecule has 0 aliphatic heterocycles. The van der Waals surface area contributed by atoms with Crippen LogP contribution in [-0.4, -0.2) is 7.11 Å². The number of methoxy groups -OCH3 is 1. The van der Waals surface area contributed by atoms with E-state index in [4.69, 9.17) is 20.5 Å². The Kier molecular flexibility index (Phi) is 3.53. The van der Waals surface area contributed by atoms with Gasteiger partial charge in [0, 0.05) is 6.07 Å². The van der Waals surface area contributed by atoms with Gasteiger partial charge in [0.1, 0.15) is 23.4 Å². The summed E-state index contributed by atoms with van der Waals surface area (Å²) in [5, 5.41) is 8.94. The van der Waals surface area contributed by atoms with Crippen LogP contribution in [0, 0.1) is 17.1 Å². The van der Waals surface area contributed by atoms with Gasteiger partial charge in [0.05, 0.1) is 18.4 Å². The van der Waals surface area contributed by atoms with E-state index in [1.165, 1.54) is 19.2 Å². The fourth-order valence-corrected chi connectivity index (χ4v) is 1.53. The highest BCUT2D eigenvalue weighted by Gasteiger charge is 2.09. The van der Waals surface area contributed by atoms with Crippen LogP contribution in [-0.2, 0) is 0 Å². The molecule has 0 aliphatic rings. The normalized spacial score (nSPS) is 9.74. The molecule has 0 spiro atoms. The molecule has 0 bridgehead atoms. The number of nitrogen functional groups attached to an aromatic ring is 1. The predicted octanol–water partition coefficient (Wildman–Crippen LogP) is 3.08. The Morgan fingerprint density at radius 1 is 1.16 bits per heavy atom. The highest BCUT2D eigenvalue weighted by atomic mass is 19.1. The van der Waals surface area contributed by atoms with E-state index in [9.17, 15) is 4.39 Å². The maximum atomic E-state index is 13.0. The molecule has 0 saturated heterocycles. The lowest BCUT2D eigenvalue weighted by molar-refractivity contribution is 0.409. The van der Waals surface area contributed by atoms with Crippen LogP contribution in [0.3, 0.4) is 0 Å². The molecule has 2 aromatic rings. The third kappa shape index (κ3) is 2.75. The van der Waals surface area contributed by atoms with E-state index in [1.807, 2.05) is 6.07 Å². The zero-order valence-corrected chi connectivity index (χ0v) is 10.2. The van der Waals surface area contributed by atoms with Gasteiger partial charge in [0.15, 0.2) is 5.75 Å². The summed E-state index contributed by atoms with van der Waals surface area (Å²) in [6, 6.07) is 10.5. The average molecular weight is 258 g/mol. The number of hydrogen-bond donors (Lipinski definition) is 1. The van der Waals surface area contributed by atoms with E-state index in [0.29, 0.717) is 17.2 Å². The molecule has 0 aromatic heterocycles. The van der Waals surface area contributed by atoms with Crippen LogP contribution in [0.2, 0.25) is 0 Å². The first-order chi connectivity index (χ1) is 9.13. The van der Waals surface area contributed by atoms with Crippen LogP contribution in [0.1, 0.15) is 5.56 Å². The van der Waals surface area contributed by atoms with Crippen molar-refractivity contribution in [1.29, 1.82) is 5.26 Å². The summed E-state index contributed by atoms with van der Waals surface area (Å²) in [6.07, 6.45) is 0. The second-order valence-electron chi connectivity index (χ2n) is 3.76. The molecule has 2 N–H and O–H groups in total. The second-order valence-corrected chi connectivity index (χ2v) is 3.76. The molecule has 5 heteroatoms. The van der Waals surface area contributed by atoms with Gasteiger partial charge in [-0.3, -0.25) is 0 Å². The van der Waals surface area contributed by atoms with E-state index in [0.717, 1.165) is 6.07 Å². The van der Waals surface area contributed by atoms with Gasteiger partial charge in [-0.25, -0.2) is 4.39 Å². The minimum absolute atomic E-state index is 0.0993. The summed E-state index contributed by atoms with van der Waals surface area (Å²) in [5.41, 5.74) is 6.27. The van der Waals surface area contributed by atoms with Crippen molar-refractivity contribution in [2.75, 3.05) is 12.8 Å². The van der Waals surface area contributed by atoms with E-state index in [-0.39, 0.29) is 11.3 Å². The van der Waals surface area contributed by atoms with Gasteiger partial charge < -0.3 is 15.2 Å². The Bertz CT molecular complexity index is 650. The zero-order valence-electron chi connectivity index (χ0n) is 10.2. The predicted molar refractivity (Wildman–Crippen MR) is 68.6 cm³/mol. The van der Waals surface area contributed by atoms with E-state index in [1.54, 1.807) is 18.2 Å². The van der Waals surface area contributed by atoms with Gasteiger partial charge in [-0.1, -0.05) is 0 Å². The molecule has 96 valence electrons. The third-order valence-corrected chi connectivity index (χ3v) is 2.50. The SMILES string of the molecule is COc1ccc(N)c(Oc2ccc(F)cc2C#N)c1. The molecule has 0 unspecified atom stereocenters. The molecule has 19 heavy (non-hydrogen) atoms. The van der Waals surface area contributed by atoms with Crippen molar-refractivity contribution in [2.45, 2.75) is 0 Å². The Labute approximate surface area is 109 Å². The molecule has 4 nitrogen and oxygen atoms in total. The number of anilines is 1. The number of rotatable bonds is 3. The summed E-state index contributed by atoms with van der Waals surface area (Å²) < 4.78 is 23.6. The lowest BCUT2D eigenvalue weighted by atomic mass is 10.2. The van der Waals surface area contributed by atoms with Crippen LogP contribution in [0.5, 0.6) is 17.2 Å². The largest absolute Gasteiger partial charge is 0.497 e. The van der Waals surface area contributed by atoms with Gasteiger partial charge in [-0.05, 0) is 30.3 Å². The highest BCUT2D eigenvalue weighted by Crippen LogP contribution is 2.32. The number of nitrogens with two attached hydrogens (primary N) is 1. The lowest BCUT2D eigenvalue weighted by Crippen LogP contribution is -1.95. The first-order valence-corrected chi connectivity index (χ1v) is 5.45. The molecule has 2 rings (SSSR count). The van der Waals surface area contributed by atoms with Crippen LogP contribution >= 0.6 is 0 Å². The highest BCUT2D eigenvalue weighted by molar-refractivity contribution is 5.58. The smallest absolute Gasteiger partial charge is 0.154 e. The van der Waals surface area contributed by atoms with Gasteiger partial charge in [-0.15, -0.1) is 0 Å². The van der Waals surface area contributed by atoms with Crippen molar-refractivity contribution in [2.24, 2.45) is 0 Å². The Hall–Kier alpha value is -2.74. The van der Waals surface area contributed by atoms with E-state index < -0.39 is 5.82 Å². The molecule has 0 radical (unpaired) electrons. The lowest BCUT2D eigenvalue weighted by Gasteiger charge is -2.11. The average Bonchev–Trinajstić information content (AvgIpc) is 2.43. The van der Waals surface area contributed by atoms with Crippen LogP contribution in [0.25, 0.3) is 0 Å². The Balaban J connectivity index is 2.39. The summed E-state index contributed by atoms with van der Waals surface area (Å²) >= 11 is 0. The standard InChI is InChI=1S/C14H11FN2O2/c1-18-11-3-4-12(17)14(7-11)19-13-5-2-10(15)6-9(13)8-16/h2-7H,17H2,1H3. The van der Waals surface area contributed by atoms with Crippen LogP contribution in [0.4, 0.5) is 10.1 Å². The van der Waals surface area contributed by atoms with Crippen LogP contribution < -0.4 is 15.2 Å². The minimum Gasteiger partial charge on any atom is -0.497 e. The topological polar surface area (TPSA) is 68.3 Å². The van der Waals surface area contributed by atoms with Gasteiger partial charge in [-0.2, -0.15) is 5.26 Å². The third-order valence-electron chi connectivity index (χ3n) is 2.50. The van der Waals surface area contributed by atoms with Gasteiger partial charge in [0.25, 0.3) is 0 Å². The Morgan fingerprint density at radius 3 is 2.63 bits per heavy atom. The molecule has 0 fully saturated rings. The van der Waals surface area contributed by atoms with E-state index in [2.05, 4.69) is 0 Å². The molecular formula is C14H11FN2O2. The first kappa shape index (κ1) is 12.7. The number of ether oxygens (including phenoxy) is 2. The maximum absolute atomic E-state index is 13.0. The van der Waals surface area contributed by atoms with E-state index >= 15 is 0 Å². The summed E-state index contributed by atoms with van der Waals surface area (Å²) in [5.74, 6) is 0.665. The molecule has 0 aliphatic carbocycles. The monoisotopic (exact) mass is 258 g/mol. The number of halogens is 1. The number of nitrogens with zero attached hydrogens (tertiary/aromatic N) is 1. The van der Waals surface area contributed by atoms with Crippen molar-refractivity contribution in [3.63, 3.8) is 0 Å². The second kappa shape index (κ2) is 5.27. The van der Waals surface area contributed by atoms with Gasteiger partial charge >= 0.3 is 0 Å². The maximum Gasteiger partial charge on any atom is 0.154 e. The molecular weight excluding hydrogens is 247 g/mol. The molecule has 0 saturated carbocycles. The number of hydrogen-bond acceptors (Lipinski definition) is 4. The minimum atomic E-state index is -0.498. The first-order valence-electron chi connectivity index (χ1n) is 5.45. The van der Waals surface area contributed by atoms with Crippen molar-refractivity contribution >= 4 is 5.69 Å². The summed E-state index contributed by atoms with van der Waals surface area (Å²) in [7, 11) is 1.52. The molecule has 0 atom stereocenters. The fourth-order valence-electron chi connectivity index (χ4n) is 1.53. The van der Waals surface area contributed by atoms with Crippen molar-refractivity contribution < 1.29 is 13.9 Å². The van der Waals surface area contributed by atoms with Gasteiger partial charge in [0.2, 0.25) is 0 Å². The fraction of sp³-hybridized carbons (Fsp3) is 0.0714. The summed E-state index contributed by atoms with van der Waals surface area (Å²) in [6.45, 7) is 0. The zero-order chi connectivity index (χ0) is 13.8. The molecule has 0 amide bonds. The van der Waals surface area contributed by atoms with Crippen molar-refractivity contribution in [1.82, 2.24) is 0 Å². The van der Waals surface area contributed by atoms with Crippen LogP contribution in [0.15, 0.2) is 36.4 Å². The molecule has 0 heterocycles. The quantitative estimate of drug-likeness (QED) is 0.859. The Morgan fingerprint density at radius 2 is 1.95 bits per heavy atom. The summed E-state index contributed by atoms with van der Waals surface area (Å²) in [4.78, 5) is 0. The van der Waals surface area contributed by atoms with Crippen molar-refractivity contribution in [3.8, 4) is 23.3 Å². The molecule has 2 aromatic carbocycles. The number of nitriles is 1. The number of benzene rings is 2. The van der Waals surface area contributed by atoms with Crippen molar-refractivity contribution in [3.05, 3.63) is 47.8 Å².